The second-order valence-electron chi connectivity index (χ2n) is 7.15. The Bertz CT molecular complexity index is 657. The van der Waals surface area contributed by atoms with Gasteiger partial charge in [0.25, 0.3) is 0 Å². The number of rotatable bonds is 2. The molecule has 3 N–H and O–H groups in total. The quantitative estimate of drug-likeness (QED) is 0.883. The molecule has 1 aromatic carbocycles. The second-order valence-corrected chi connectivity index (χ2v) is 7.15. The van der Waals surface area contributed by atoms with Crippen LogP contribution in [0.1, 0.15) is 37.3 Å². The number of hydrogen-bond acceptors (Lipinski definition) is 4. The summed E-state index contributed by atoms with van der Waals surface area (Å²) in [5.74, 6) is 0.547. The van der Waals surface area contributed by atoms with Crippen molar-refractivity contribution in [3.8, 4) is 0 Å². The predicted molar refractivity (Wildman–Crippen MR) is 97.5 cm³/mol. The number of nitrogens with one attached hydrogen (secondary N) is 1. The normalized spacial score (nSPS) is 24.4. The minimum Gasteiger partial charge on any atom is -0.401 e. The fraction of sp³-hybridized carbons (Fsp3) is 0.526. The highest BCUT2D eigenvalue weighted by atomic mass is 15.2. The molecule has 4 nitrogen and oxygen atoms in total. The topological polar surface area (TPSA) is 53.7 Å². The van der Waals surface area contributed by atoms with Gasteiger partial charge in [-0.05, 0) is 37.1 Å². The van der Waals surface area contributed by atoms with E-state index in [1.54, 1.807) is 0 Å². The summed E-state index contributed by atoms with van der Waals surface area (Å²) in [4.78, 5) is 7.26. The van der Waals surface area contributed by atoms with Crippen molar-refractivity contribution in [1.29, 1.82) is 0 Å². The van der Waals surface area contributed by atoms with Crippen molar-refractivity contribution in [3.63, 3.8) is 0 Å². The van der Waals surface area contributed by atoms with Crippen LogP contribution in [0.15, 0.2) is 34.5 Å². The molecule has 1 aromatic rings. The van der Waals surface area contributed by atoms with Crippen LogP contribution in [0.5, 0.6) is 0 Å². The summed E-state index contributed by atoms with van der Waals surface area (Å²) in [6.45, 7) is 9.40. The number of fused-ring (bicyclic) bond motifs is 1. The van der Waals surface area contributed by atoms with E-state index in [2.05, 4.69) is 56.2 Å². The molecule has 124 valence electrons. The molecule has 2 aliphatic rings. The number of hydrogen-bond donors (Lipinski definition) is 2. The highest BCUT2D eigenvalue weighted by molar-refractivity contribution is 6.04. The van der Waals surface area contributed by atoms with Crippen LogP contribution in [-0.2, 0) is 0 Å². The summed E-state index contributed by atoms with van der Waals surface area (Å²) in [5.41, 5.74) is 13.4. The molecule has 1 saturated heterocycles. The second kappa shape index (κ2) is 6.46. The molecule has 0 saturated carbocycles. The standard InChI is InChI=1S/C19H28N4/c1-12(2)14-5-6-16(13(3)9-14)22-17-7-8-21-18-11-23(4)10-15(20)19(17)18/h5-6,9,12,18,21H,7-8,10-11,20H2,1-4H3. The number of aliphatic imine (C=N–C) groups is 1. The van der Waals surface area contributed by atoms with Gasteiger partial charge in [0.2, 0.25) is 0 Å². The van der Waals surface area contributed by atoms with Crippen LogP contribution >= 0.6 is 0 Å². The largest absolute Gasteiger partial charge is 0.401 e. The predicted octanol–water partition coefficient (Wildman–Crippen LogP) is 2.71. The molecule has 4 heteroatoms. The summed E-state index contributed by atoms with van der Waals surface area (Å²) in [6.07, 6.45) is 0.946. The minimum atomic E-state index is 0.316. The van der Waals surface area contributed by atoms with Gasteiger partial charge in [0.15, 0.2) is 0 Å². The maximum atomic E-state index is 6.34. The molecule has 23 heavy (non-hydrogen) atoms. The fourth-order valence-corrected chi connectivity index (χ4v) is 3.54. The third kappa shape index (κ3) is 3.33. The lowest BCUT2D eigenvalue weighted by Gasteiger charge is -2.37. The van der Waals surface area contributed by atoms with Crippen molar-refractivity contribution in [2.45, 2.75) is 39.2 Å². The first-order valence-corrected chi connectivity index (χ1v) is 8.54. The molecule has 2 heterocycles. The minimum absolute atomic E-state index is 0.316. The molecule has 0 aliphatic carbocycles. The van der Waals surface area contributed by atoms with Gasteiger partial charge in [-0.15, -0.1) is 0 Å². The summed E-state index contributed by atoms with van der Waals surface area (Å²) in [6, 6.07) is 6.92. The lowest BCUT2D eigenvalue weighted by molar-refractivity contribution is 0.303. The Hall–Kier alpha value is -1.65. The monoisotopic (exact) mass is 312 g/mol. The molecule has 3 rings (SSSR count). The van der Waals surface area contributed by atoms with Crippen LogP contribution in [0, 0.1) is 6.92 Å². The van der Waals surface area contributed by atoms with Crippen LogP contribution in [-0.4, -0.2) is 43.3 Å². The van der Waals surface area contributed by atoms with Gasteiger partial charge < -0.3 is 11.1 Å². The smallest absolute Gasteiger partial charge is 0.0662 e. The Balaban J connectivity index is 1.97. The van der Waals surface area contributed by atoms with Crippen molar-refractivity contribution in [2.75, 3.05) is 26.7 Å². The van der Waals surface area contributed by atoms with Crippen LogP contribution in [0.4, 0.5) is 5.69 Å². The summed E-state index contributed by atoms with van der Waals surface area (Å²) in [7, 11) is 2.12. The van der Waals surface area contributed by atoms with Crippen LogP contribution < -0.4 is 11.1 Å². The molecular formula is C19H28N4. The van der Waals surface area contributed by atoms with Gasteiger partial charge in [-0.3, -0.25) is 9.89 Å². The van der Waals surface area contributed by atoms with Crippen molar-refractivity contribution < 1.29 is 0 Å². The first-order valence-electron chi connectivity index (χ1n) is 8.54. The van der Waals surface area contributed by atoms with E-state index in [0.717, 1.165) is 37.4 Å². The number of aryl methyl sites for hydroxylation is 1. The van der Waals surface area contributed by atoms with Gasteiger partial charge in [0.05, 0.1) is 5.69 Å². The van der Waals surface area contributed by atoms with Crippen molar-refractivity contribution in [1.82, 2.24) is 10.2 Å². The van der Waals surface area contributed by atoms with Gasteiger partial charge >= 0.3 is 0 Å². The van der Waals surface area contributed by atoms with Crippen LogP contribution in [0.25, 0.3) is 0 Å². The molecule has 0 spiro atoms. The summed E-state index contributed by atoms with van der Waals surface area (Å²) < 4.78 is 0. The highest BCUT2D eigenvalue weighted by Gasteiger charge is 2.30. The zero-order chi connectivity index (χ0) is 16.6. The molecule has 1 atom stereocenters. The third-order valence-electron chi connectivity index (χ3n) is 4.84. The van der Waals surface area contributed by atoms with E-state index in [9.17, 15) is 0 Å². The number of benzene rings is 1. The Morgan fingerprint density at radius 2 is 2.13 bits per heavy atom. The number of piperidine rings is 1. The van der Waals surface area contributed by atoms with Crippen LogP contribution in [0.3, 0.4) is 0 Å². The molecule has 0 amide bonds. The van der Waals surface area contributed by atoms with Crippen molar-refractivity contribution >= 4 is 11.4 Å². The number of nitrogens with zero attached hydrogens (tertiary/aromatic N) is 2. The summed E-state index contributed by atoms with van der Waals surface area (Å²) >= 11 is 0. The van der Waals surface area contributed by atoms with E-state index in [0.29, 0.717) is 12.0 Å². The van der Waals surface area contributed by atoms with Gasteiger partial charge in [-0.1, -0.05) is 26.0 Å². The third-order valence-corrected chi connectivity index (χ3v) is 4.84. The molecule has 0 radical (unpaired) electrons. The van der Waals surface area contributed by atoms with E-state index < -0.39 is 0 Å². The average molecular weight is 312 g/mol. The molecule has 2 aliphatic heterocycles. The summed E-state index contributed by atoms with van der Waals surface area (Å²) in [5, 5.41) is 3.58. The molecule has 0 bridgehead atoms. The maximum absolute atomic E-state index is 6.34. The Labute approximate surface area is 139 Å². The Kier molecular flexibility index (Phi) is 4.55. The van der Waals surface area contributed by atoms with Gasteiger partial charge in [0, 0.05) is 49.1 Å². The van der Waals surface area contributed by atoms with E-state index in [4.69, 9.17) is 10.7 Å². The van der Waals surface area contributed by atoms with Gasteiger partial charge in [-0.2, -0.15) is 0 Å². The molecule has 0 aromatic heterocycles. The van der Waals surface area contributed by atoms with E-state index in [1.807, 2.05) is 0 Å². The molecule has 1 fully saturated rings. The number of likely N-dealkylation sites (N-methyl/N-ethyl adjacent to an activating group) is 1. The SMILES string of the molecule is Cc1cc(C(C)C)ccc1N=C1CCNC2CN(C)CC(N)=C12. The van der Waals surface area contributed by atoms with E-state index in [-0.39, 0.29) is 0 Å². The van der Waals surface area contributed by atoms with Crippen LogP contribution in [0.2, 0.25) is 0 Å². The molecular weight excluding hydrogens is 284 g/mol. The Morgan fingerprint density at radius 1 is 1.35 bits per heavy atom. The maximum Gasteiger partial charge on any atom is 0.0662 e. The zero-order valence-electron chi connectivity index (χ0n) is 14.7. The zero-order valence-corrected chi connectivity index (χ0v) is 14.7. The van der Waals surface area contributed by atoms with Gasteiger partial charge in [0.1, 0.15) is 0 Å². The van der Waals surface area contributed by atoms with Crippen molar-refractivity contribution in [3.05, 3.63) is 40.6 Å². The Morgan fingerprint density at radius 3 is 2.83 bits per heavy atom. The first-order chi connectivity index (χ1) is 11.0. The number of nitrogens with two attached hydrogens (primary N) is 1. The highest BCUT2D eigenvalue weighted by Crippen LogP contribution is 2.28. The first kappa shape index (κ1) is 16.2. The van der Waals surface area contributed by atoms with E-state index in [1.165, 1.54) is 22.4 Å². The van der Waals surface area contributed by atoms with Crippen molar-refractivity contribution in [2.24, 2.45) is 10.7 Å². The average Bonchev–Trinajstić information content (AvgIpc) is 2.48. The van der Waals surface area contributed by atoms with E-state index >= 15 is 0 Å². The lowest BCUT2D eigenvalue weighted by atomic mass is 9.90. The fourth-order valence-electron chi connectivity index (χ4n) is 3.54. The molecule has 1 unspecified atom stereocenters. The lowest BCUT2D eigenvalue weighted by Crippen LogP contribution is -2.52. The van der Waals surface area contributed by atoms with Gasteiger partial charge in [-0.25, -0.2) is 0 Å².